The van der Waals surface area contributed by atoms with Crippen molar-refractivity contribution in [2.75, 3.05) is 0 Å². The molecule has 2 aromatic carbocycles. The summed E-state index contributed by atoms with van der Waals surface area (Å²) in [6.45, 7) is 0. The van der Waals surface area contributed by atoms with E-state index in [-0.39, 0.29) is 5.56 Å². The molecule has 0 spiro atoms. The largest absolute Gasteiger partial charge is 0.291 e. The molecule has 0 atom stereocenters. The van der Waals surface area contributed by atoms with Gasteiger partial charge in [0.05, 0.1) is 14.6 Å². The Kier molecular flexibility index (Phi) is 3.84. The van der Waals surface area contributed by atoms with Crippen LogP contribution in [0.4, 0.5) is 0 Å². The normalized spacial score (nSPS) is 12.2. The van der Waals surface area contributed by atoms with Crippen molar-refractivity contribution in [3.05, 3.63) is 79.0 Å². The van der Waals surface area contributed by atoms with Gasteiger partial charge in [-0.3, -0.25) is 4.79 Å². The van der Waals surface area contributed by atoms with Crippen LogP contribution in [0.3, 0.4) is 0 Å². The van der Waals surface area contributed by atoms with Crippen LogP contribution in [0.5, 0.6) is 0 Å². The summed E-state index contributed by atoms with van der Waals surface area (Å²) in [7, 11) is 0. The number of halogens is 2. The van der Waals surface area contributed by atoms with Gasteiger partial charge >= 0.3 is 0 Å². The standard InChI is InChI=1S/C17H9Cl2N3OS/c18-12-7-6-10(8-13(12)19)9-14-16(23)22-17(24-14)20-15(21-22)11-4-2-1-3-5-11/h1-9H. The average Bonchev–Trinajstić information content (AvgIpc) is 3.12. The van der Waals surface area contributed by atoms with E-state index >= 15 is 0 Å². The van der Waals surface area contributed by atoms with Crippen molar-refractivity contribution in [3.8, 4) is 11.4 Å². The maximum atomic E-state index is 12.5. The Morgan fingerprint density at radius 1 is 1.04 bits per heavy atom. The molecule has 4 nitrogen and oxygen atoms in total. The summed E-state index contributed by atoms with van der Waals surface area (Å²) in [6, 6.07) is 14.8. The molecule has 0 aliphatic rings. The van der Waals surface area contributed by atoms with E-state index in [1.165, 1.54) is 15.9 Å². The van der Waals surface area contributed by atoms with E-state index in [4.69, 9.17) is 23.2 Å². The second-order valence-corrected chi connectivity index (χ2v) is 6.91. The number of fused-ring (bicyclic) bond motifs is 1. The molecule has 0 aliphatic heterocycles. The molecule has 118 valence electrons. The minimum atomic E-state index is -0.198. The van der Waals surface area contributed by atoms with E-state index in [1.54, 1.807) is 24.3 Å². The van der Waals surface area contributed by atoms with Gasteiger partial charge in [0.15, 0.2) is 5.82 Å². The Morgan fingerprint density at radius 3 is 2.54 bits per heavy atom. The summed E-state index contributed by atoms with van der Waals surface area (Å²) in [5.41, 5.74) is 1.48. The number of benzene rings is 2. The molecule has 2 heterocycles. The van der Waals surface area contributed by atoms with Gasteiger partial charge in [-0.25, -0.2) is 0 Å². The van der Waals surface area contributed by atoms with Gasteiger partial charge in [0.1, 0.15) is 0 Å². The minimum Gasteiger partial charge on any atom is -0.266 e. The highest BCUT2D eigenvalue weighted by atomic mass is 35.5. The molecule has 0 N–H and O–H groups in total. The van der Waals surface area contributed by atoms with Gasteiger partial charge in [-0.2, -0.15) is 9.50 Å². The van der Waals surface area contributed by atoms with Crippen LogP contribution in [-0.4, -0.2) is 14.6 Å². The molecule has 0 saturated heterocycles. The van der Waals surface area contributed by atoms with Crippen molar-refractivity contribution in [1.29, 1.82) is 0 Å². The summed E-state index contributed by atoms with van der Waals surface area (Å²) in [5, 5.41) is 5.24. The lowest BCUT2D eigenvalue weighted by molar-refractivity contribution is 0.937. The summed E-state index contributed by atoms with van der Waals surface area (Å²) in [6.07, 6.45) is 1.76. The zero-order valence-electron chi connectivity index (χ0n) is 12.1. The highest BCUT2D eigenvalue weighted by Gasteiger charge is 2.11. The molecule has 0 unspecified atom stereocenters. The van der Waals surface area contributed by atoms with Crippen LogP contribution >= 0.6 is 34.5 Å². The fourth-order valence-electron chi connectivity index (χ4n) is 2.30. The number of rotatable bonds is 2. The summed E-state index contributed by atoms with van der Waals surface area (Å²) in [5.74, 6) is 0.542. The smallest absolute Gasteiger partial charge is 0.266 e. The maximum absolute atomic E-state index is 12.5. The second kappa shape index (κ2) is 6.02. The van der Waals surface area contributed by atoms with E-state index in [2.05, 4.69) is 10.1 Å². The first-order valence-electron chi connectivity index (χ1n) is 7.03. The SMILES string of the molecule is O=c1c(=Cc2ccc(Cl)c(Cl)c2)sc2nc(-c3ccccc3)nn12. The van der Waals surface area contributed by atoms with Gasteiger partial charge in [-0.05, 0) is 23.8 Å². The molecule has 2 aromatic heterocycles. The predicted octanol–water partition coefficient (Wildman–Crippen LogP) is 3.67. The maximum Gasteiger partial charge on any atom is 0.291 e. The van der Waals surface area contributed by atoms with Crippen molar-refractivity contribution in [2.24, 2.45) is 0 Å². The summed E-state index contributed by atoms with van der Waals surface area (Å²) < 4.78 is 1.87. The number of nitrogens with zero attached hydrogens (tertiary/aromatic N) is 3. The van der Waals surface area contributed by atoms with Gasteiger partial charge in [0.25, 0.3) is 5.56 Å². The molecule has 4 rings (SSSR count). The van der Waals surface area contributed by atoms with Crippen LogP contribution in [0.25, 0.3) is 22.4 Å². The molecule has 24 heavy (non-hydrogen) atoms. The molecule has 0 radical (unpaired) electrons. The first-order valence-corrected chi connectivity index (χ1v) is 8.61. The molecule has 7 heteroatoms. The lowest BCUT2D eigenvalue weighted by Gasteiger charge is -1.96. The lowest BCUT2D eigenvalue weighted by Crippen LogP contribution is -2.23. The zero-order chi connectivity index (χ0) is 16.7. The molecule has 4 aromatic rings. The lowest BCUT2D eigenvalue weighted by atomic mass is 10.2. The Bertz CT molecular complexity index is 1150. The first-order chi connectivity index (χ1) is 11.6. The van der Waals surface area contributed by atoms with Crippen molar-refractivity contribution >= 4 is 45.6 Å². The Morgan fingerprint density at radius 2 is 1.83 bits per heavy atom. The van der Waals surface area contributed by atoms with Crippen molar-refractivity contribution in [3.63, 3.8) is 0 Å². The monoisotopic (exact) mass is 373 g/mol. The van der Waals surface area contributed by atoms with Crippen LogP contribution in [0, 0.1) is 0 Å². The number of hydrogen-bond acceptors (Lipinski definition) is 4. The Balaban J connectivity index is 1.82. The molecule has 0 bridgehead atoms. The molecule has 0 saturated carbocycles. The molecular formula is C17H9Cl2N3OS. The highest BCUT2D eigenvalue weighted by molar-refractivity contribution is 7.15. The summed E-state index contributed by atoms with van der Waals surface area (Å²) >= 11 is 13.2. The van der Waals surface area contributed by atoms with E-state index < -0.39 is 0 Å². The van der Waals surface area contributed by atoms with Gasteiger partial charge in [0, 0.05) is 5.56 Å². The fraction of sp³-hybridized carbons (Fsp3) is 0. The topological polar surface area (TPSA) is 47.3 Å². The van der Waals surface area contributed by atoms with Crippen molar-refractivity contribution < 1.29 is 0 Å². The van der Waals surface area contributed by atoms with Crippen LogP contribution in [0.2, 0.25) is 10.0 Å². The van der Waals surface area contributed by atoms with E-state index in [0.29, 0.717) is 25.4 Å². The van der Waals surface area contributed by atoms with Crippen LogP contribution in [0.15, 0.2) is 53.3 Å². The Labute approximate surface area is 150 Å². The van der Waals surface area contributed by atoms with E-state index in [0.717, 1.165) is 11.1 Å². The van der Waals surface area contributed by atoms with Crippen LogP contribution in [0.1, 0.15) is 5.56 Å². The number of thiazole rings is 1. The third-order valence-electron chi connectivity index (χ3n) is 3.46. The van der Waals surface area contributed by atoms with Crippen molar-refractivity contribution in [1.82, 2.24) is 14.6 Å². The first kappa shape index (κ1) is 15.3. The van der Waals surface area contributed by atoms with E-state index in [1.807, 2.05) is 30.3 Å². The molecule has 0 amide bonds. The van der Waals surface area contributed by atoms with Gasteiger partial charge in [-0.1, -0.05) is 70.9 Å². The second-order valence-electron chi connectivity index (χ2n) is 5.09. The van der Waals surface area contributed by atoms with Gasteiger partial charge in [0.2, 0.25) is 4.96 Å². The Hall–Kier alpha value is -2.21. The fourth-order valence-corrected chi connectivity index (χ4v) is 3.51. The summed E-state index contributed by atoms with van der Waals surface area (Å²) in [4.78, 5) is 17.5. The van der Waals surface area contributed by atoms with Crippen molar-refractivity contribution in [2.45, 2.75) is 0 Å². The molecule has 0 aliphatic carbocycles. The van der Waals surface area contributed by atoms with E-state index in [9.17, 15) is 4.79 Å². The van der Waals surface area contributed by atoms with Crippen LogP contribution < -0.4 is 10.1 Å². The van der Waals surface area contributed by atoms with Gasteiger partial charge < -0.3 is 0 Å². The average molecular weight is 374 g/mol. The molecule has 0 fully saturated rings. The quantitative estimate of drug-likeness (QED) is 0.538. The molecular weight excluding hydrogens is 365 g/mol. The predicted molar refractivity (Wildman–Crippen MR) is 97.8 cm³/mol. The number of hydrogen-bond donors (Lipinski definition) is 0. The minimum absolute atomic E-state index is 0.198. The third-order valence-corrected chi connectivity index (χ3v) is 5.15. The number of aromatic nitrogens is 3. The highest BCUT2D eigenvalue weighted by Crippen LogP contribution is 2.23. The van der Waals surface area contributed by atoms with Crippen LogP contribution in [-0.2, 0) is 0 Å². The third kappa shape index (κ3) is 2.71. The zero-order valence-corrected chi connectivity index (χ0v) is 14.4. The van der Waals surface area contributed by atoms with Gasteiger partial charge in [-0.15, -0.1) is 5.10 Å².